The first-order valence-electron chi connectivity index (χ1n) is 7.98. The van der Waals surface area contributed by atoms with Crippen LogP contribution in [0.5, 0.6) is 0 Å². The zero-order valence-electron chi connectivity index (χ0n) is 13.2. The summed E-state index contributed by atoms with van der Waals surface area (Å²) in [4.78, 5) is 25.8. The molecule has 4 heteroatoms. The van der Waals surface area contributed by atoms with Crippen molar-refractivity contribution in [2.75, 3.05) is 16.8 Å². The molecule has 0 bridgehead atoms. The molecule has 4 nitrogen and oxygen atoms in total. The summed E-state index contributed by atoms with van der Waals surface area (Å²) in [7, 11) is 0. The van der Waals surface area contributed by atoms with Crippen molar-refractivity contribution in [3.05, 3.63) is 59.7 Å². The summed E-state index contributed by atoms with van der Waals surface area (Å²) in [6.07, 6.45) is 2.48. The van der Waals surface area contributed by atoms with E-state index in [0.29, 0.717) is 12.0 Å². The van der Waals surface area contributed by atoms with Crippen LogP contribution in [0.2, 0.25) is 0 Å². The number of benzene rings is 2. The highest BCUT2D eigenvalue weighted by molar-refractivity contribution is 6.04. The molecule has 23 heavy (non-hydrogen) atoms. The summed E-state index contributed by atoms with van der Waals surface area (Å²) in [6, 6.07) is 15.0. The van der Waals surface area contributed by atoms with Crippen LogP contribution in [0.25, 0.3) is 0 Å². The number of hydrogen-bond acceptors (Lipinski definition) is 2. The third-order valence-electron chi connectivity index (χ3n) is 4.13. The van der Waals surface area contributed by atoms with Gasteiger partial charge in [0.2, 0.25) is 5.91 Å². The molecule has 0 atom stereocenters. The quantitative estimate of drug-likeness (QED) is 0.937. The van der Waals surface area contributed by atoms with E-state index in [1.807, 2.05) is 36.4 Å². The Morgan fingerprint density at radius 2 is 1.78 bits per heavy atom. The number of anilines is 2. The highest BCUT2D eigenvalue weighted by Gasteiger charge is 2.21. The van der Waals surface area contributed by atoms with Crippen molar-refractivity contribution in [3.8, 4) is 0 Å². The van der Waals surface area contributed by atoms with Gasteiger partial charge in [0.25, 0.3) is 5.91 Å². The lowest BCUT2D eigenvalue weighted by Gasteiger charge is -2.15. The van der Waals surface area contributed by atoms with Gasteiger partial charge in [0.1, 0.15) is 0 Å². The minimum atomic E-state index is -0.145. The lowest BCUT2D eigenvalue weighted by molar-refractivity contribution is -0.117. The van der Waals surface area contributed by atoms with Crippen LogP contribution in [0.1, 0.15) is 35.7 Å². The van der Waals surface area contributed by atoms with Crippen LogP contribution in [-0.4, -0.2) is 18.4 Å². The van der Waals surface area contributed by atoms with Crippen LogP contribution in [0.3, 0.4) is 0 Å². The maximum Gasteiger partial charge on any atom is 0.255 e. The van der Waals surface area contributed by atoms with Crippen molar-refractivity contribution >= 4 is 23.2 Å². The van der Waals surface area contributed by atoms with Crippen molar-refractivity contribution in [1.82, 2.24) is 0 Å². The second-order valence-electron chi connectivity index (χ2n) is 5.70. The van der Waals surface area contributed by atoms with Gasteiger partial charge in [0, 0.05) is 29.9 Å². The standard InChI is InChI=1S/C19H20N2O2/c1-2-14-5-9-16(10-6-14)20-19(23)15-7-11-17(12-8-15)21-13-3-4-18(21)22/h5-12H,2-4,13H2,1H3,(H,20,23). The first-order chi connectivity index (χ1) is 11.2. The van der Waals surface area contributed by atoms with Gasteiger partial charge >= 0.3 is 0 Å². The van der Waals surface area contributed by atoms with E-state index >= 15 is 0 Å². The van der Waals surface area contributed by atoms with Crippen molar-refractivity contribution in [2.45, 2.75) is 26.2 Å². The Morgan fingerprint density at radius 3 is 2.35 bits per heavy atom. The molecule has 1 aliphatic heterocycles. The molecule has 3 rings (SSSR count). The van der Waals surface area contributed by atoms with Crippen molar-refractivity contribution in [3.63, 3.8) is 0 Å². The Balaban J connectivity index is 1.68. The third kappa shape index (κ3) is 3.42. The van der Waals surface area contributed by atoms with E-state index in [4.69, 9.17) is 0 Å². The van der Waals surface area contributed by atoms with Gasteiger partial charge in [-0.3, -0.25) is 9.59 Å². The Kier molecular flexibility index (Phi) is 4.42. The van der Waals surface area contributed by atoms with Gasteiger partial charge in [-0.15, -0.1) is 0 Å². The second kappa shape index (κ2) is 6.65. The van der Waals surface area contributed by atoms with Gasteiger partial charge in [-0.25, -0.2) is 0 Å². The molecule has 0 unspecified atom stereocenters. The lowest BCUT2D eigenvalue weighted by Crippen LogP contribution is -2.23. The minimum absolute atomic E-state index is 0.145. The van der Waals surface area contributed by atoms with E-state index in [1.165, 1.54) is 5.56 Å². The van der Waals surface area contributed by atoms with E-state index in [0.717, 1.165) is 30.8 Å². The molecule has 1 fully saturated rings. The summed E-state index contributed by atoms with van der Waals surface area (Å²) in [6.45, 7) is 2.86. The monoisotopic (exact) mass is 308 g/mol. The smallest absolute Gasteiger partial charge is 0.255 e. The molecule has 0 aromatic heterocycles. The molecule has 0 saturated carbocycles. The minimum Gasteiger partial charge on any atom is -0.322 e. The molecule has 2 aromatic rings. The number of hydrogen-bond donors (Lipinski definition) is 1. The summed E-state index contributed by atoms with van der Waals surface area (Å²) in [5.74, 6) is 0.00626. The summed E-state index contributed by atoms with van der Waals surface area (Å²) in [5.41, 5.74) is 3.46. The molecule has 118 valence electrons. The maximum atomic E-state index is 12.3. The van der Waals surface area contributed by atoms with E-state index in [1.54, 1.807) is 17.0 Å². The molecular weight excluding hydrogens is 288 g/mol. The number of nitrogens with zero attached hydrogens (tertiary/aromatic N) is 1. The molecule has 2 amide bonds. The molecule has 1 aliphatic rings. The summed E-state index contributed by atoms with van der Waals surface area (Å²) >= 11 is 0. The average molecular weight is 308 g/mol. The van der Waals surface area contributed by atoms with Crippen molar-refractivity contribution in [1.29, 1.82) is 0 Å². The van der Waals surface area contributed by atoms with E-state index in [2.05, 4.69) is 12.2 Å². The fraction of sp³-hybridized carbons (Fsp3) is 0.263. The van der Waals surface area contributed by atoms with Crippen LogP contribution in [0.4, 0.5) is 11.4 Å². The lowest BCUT2D eigenvalue weighted by atomic mass is 10.1. The molecule has 0 aliphatic carbocycles. The predicted octanol–water partition coefficient (Wildman–Crippen LogP) is 3.63. The van der Waals surface area contributed by atoms with Gasteiger partial charge < -0.3 is 10.2 Å². The van der Waals surface area contributed by atoms with Gasteiger partial charge in [0.05, 0.1) is 0 Å². The first-order valence-corrected chi connectivity index (χ1v) is 7.98. The fourth-order valence-electron chi connectivity index (χ4n) is 2.74. The number of rotatable bonds is 4. The Labute approximate surface area is 136 Å². The molecule has 1 heterocycles. The van der Waals surface area contributed by atoms with E-state index in [9.17, 15) is 9.59 Å². The number of carbonyl (C=O) groups excluding carboxylic acids is 2. The molecule has 2 aromatic carbocycles. The van der Waals surface area contributed by atoms with Gasteiger partial charge in [-0.1, -0.05) is 19.1 Å². The number of amides is 2. The van der Waals surface area contributed by atoms with Crippen molar-refractivity contribution in [2.24, 2.45) is 0 Å². The van der Waals surface area contributed by atoms with Gasteiger partial charge in [-0.2, -0.15) is 0 Å². The van der Waals surface area contributed by atoms with Crippen LogP contribution >= 0.6 is 0 Å². The Bertz CT molecular complexity index is 705. The zero-order chi connectivity index (χ0) is 16.2. The van der Waals surface area contributed by atoms with E-state index < -0.39 is 0 Å². The molecule has 0 spiro atoms. The highest BCUT2D eigenvalue weighted by Crippen LogP contribution is 2.22. The van der Waals surface area contributed by atoms with Gasteiger partial charge in [-0.05, 0) is 54.8 Å². The van der Waals surface area contributed by atoms with Gasteiger partial charge in [0.15, 0.2) is 0 Å². The van der Waals surface area contributed by atoms with Crippen LogP contribution in [0, 0.1) is 0 Å². The Hall–Kier alpha value is -2.62. The highest BCUT2D eigenvalue weighted by atomic mass is 16.2. The average Bonchev–Trinajstić information content (AvgIpc) is 3.02. The fourth-order valence-corrected chi connectivity index (χ4v) is 2.74. The first kappa shape index (κ1) is 15.3. The topological polar surface area (TPSA) is 49.4 Å². The number of carbonyl (C=O) groups is 2. The molecule has 0 radical (unpaired) electrons. The number of nitrogens with one attached hydrogen (secondary N) is 1. The Morgan fingerprint density at radius 1 is 1.09 bits per heavy atom. The normalized spacial score (nSPS) is 14.1. The van der Waals surface area contributed by atoms with E-state index in [-0.39, 0.29) is 11.8 Å². The largest absolute Gasteiger partial charge is 0.322 e. The second-order valence-corrected chi connectivity index (χ2v) is 5.70. The van der Waals surface area contributed by atoms with Crippen molar-refractivity contribution < 1.29 is 9.59 Å². The van der Waals surface area contributed by atoms with Crippen LogP contribution < -0.4 is 10.2 Å². The SMILES string of the molecule is CCc1ccc(NC(=O)c2ccc(N3CCCC3=O)cc2)cc1. The third-order valence-corrected chi connectivity index (χ3v) is 4.13. The molecular formula is C19H20N2O2. The number of aryl methyl sites for hydroxylation is 1. The predicted molar refractivity (Wildman–Crippen MR) is 91.8 cm³/mol. The van der Waals surface area contributed by atoms with Crippen LogP contribution in [0.15, 0.2) is 48.5 Å². The zero-order valence-corrected chi connectivity index (χ0v) is 13.2. The molecule has 1 N–H and O–H groups in total. The molecule has 1 saturated heterocycles. The maximum absolute atomic E-state index is 12.3. The van der Waals surface area contributed by atoms with Crippen LogP contribution in [-0.2, 0) is 11.2 Å². The summed E-state index contributed by atoms with van der Waals surface area (Å²) < 4.78 is 0. The summed E-state index contributed by atoms with van der Waals surface area (Å²) in [5, 5.41) is 2.89.